The molecular weight excluding hydrogens is 347 g/mol. The summed E-state index contributed by atoms with van der Waals surface area (Å²) in [4.78, 5) is 0. The van der Waals surface area contributed by atoms with Gasteiger partial charge in [-0.25, -0.2) is 0 Å². The van der Waals surface area contributed by atoms with E-state index in [1.165, 1.54) is 0 Å². The van der Waals surface area contributed by atoms with E-state index in [0.717, 1.165) is 5.56 Å². The van der Waals surface area contributed by atoms with Gasteiger partial charge in [0.05, 0.1) is 16.7 Å². The van der Waals surface area contributed by atoms with Crippen molar-refractivity contribution in [3.8, 4) is 5.75 Å². The second-order valence-electron chi connectivity index (χ2n) is 3.23. The first-order chi connectivity index (χ1) is 7.77. The summed E-state index contributed by atoms with van der Waals surface area (Å²) in [5.74, 6) is 0.517. The minimum absolute atomic E-state index is 0. The minimum atomic E-state index is 0. The molecule has 0 heterocycles. The maximum absolute atomic E-state index is 5.98. The summed E-state index contributed by atoms with van der Waals surface area (Å²) in [6, 6.07) is 16.0. The van der Waals surface area contributed by atoms with Gasteiger partial charge < -0.3 is 21.7 Å². The molecule has 0 saturated heterocycles. The number of rotatable bonds is 3. The number of hydrogen-bond acceptors (Lipinski definition) is 1. The average Bonchev–Trinajstić information content (AvgIpc) is 2.30. The molecule has 0 aliphatic rings. The Labute approximate surface area is 143 Å². The van der Waals surface area contributed by atoms with Crippen LogP contribution in [0.3, 0.4) is 0 Å². The van der Waals surface area contributed by atoms with Crippen LogP contribution in [0.5, 0.6) is 5.75 Å². The minimum Gasteiger partial charge on any atom is -1.00 e. The zero-order valence-electron chi connectivity index (χ0n) is 9.50. The Morgan fingerprint density at radius 2 is 1.67 bits per heavy atom. The van der Waals surface area contributed by atoms with Crippen molar-refractivity contribution in [2.75, 3.05) is 0 Å². The van der Waals surface area contributed by atoms with Crippen LogP contribution in [0.2, 0.25) is 10.0 Å². The van der Waals surface area contributed by atoms with Gasteiger partial charge in [-0.2, -0.15) is 30.3 Å². The summed E-state index contributed by atoms with van der Waals surface area (Å²) >= 11 is 12.0. The van der Waals surface area contributed by atoms with Crippen molar-refractivity contribution in [1.82, 2.24) is 0 Å². The SMILES string of the molecule is Clc1cccc(Cl)c1OCc1[c-]cccc1.[Br-].[Mg+2]. The molecule has 0 radical (unpaired) electrons. The van der Waals surface area contributed by atoms with Gasteiger partial charge in [0.1, 0.15) is 0 Å². The van der Waals surface area contributed by atoms with Gasteiger partial charge in [0.15, 0.2) is 5.75 Å². The second kappa shape index (κ2) is 9.05. The van der Waals surface area contributed by atoms with Crippen LogP contribution in [0.25, 0.3) is 0 Å². The van der Waals surface area contributed by atoms with Crippen LogP contribution in [0, 0.1) is 6.07 Å². The third-order valence-electron chi connectivity index (χ3n) is 2.06. The van der Waals surface area contributed by atoms with E-state index >= 15 is 0 Å². The van der Waals surface area contributed by atoms with Crippen molar-refractivity contribution in [2.24, 2.45) is 0 Å². The molecule has 0 unspecified atom stereocenters. The van der Waals surface area contributed by atoms with Gasteiger partial charge in [-0.1, -0.05) is 29.3 Å². The Morgan fingerprint density at radius 3 is 2.22 bits per heavy atom. The molecule has 5 heteroatoms. The molecule has 0 aromatic heterocycles. The number of ether oxygens (including phenoxy) is 1. The van der Waals surface area contributed by atoms with Crippen LogP contribution < -0.4 is 21.7 Å². The summed E-state index contributed by atoms with van der Waals surface area (Å²) in [6.45, 7) is 0.407. The van der Waals surface area contributed by atoms with Crippen molar-refractivity contribution >= 4 is 46.3 Å². The van der Waals surface area contributed by atoms with E-state index in [2.05, 4.69) is 6.07 Å². The normalized spacial score (nSPS) is 9.00. The fourth-order valence-electron chi connectivity index (χ4n) is 1.29. The molecule has 2 aromatic rings. The molecular formula is C13H9BrCl2MgO. The van der Waals surface area contributed by atoms with Gasteiger partial charge >= 0.3 is 23.1 Å². The van der Waals surface area contributed by atoms with Crippen molar-refractivity contribution in [3.05, 3.63) is 64.1 Å². The van der Waals surface area contributed by atoms with E-state index < -0.39 is 0 Å². The molecule has 90 valence electrons. The summed E-state index contributed by atoms with van der Waals surface area (Å²) in [7, 11) is 0. The Kier molecular flexibility index (Phi) is 9.08. The zero-order chi connectivity index (χ0) is 11.4. The van der Waals surface area contributed by atoms with Gasteiger partial charge in [-0.15, -0.1) is 5.56 Å². The molecule has 0 fully saturated rings. The van der Waals surface area contributed by atoms with Crippen LogP contribution in [0.15, 0.2) is 42.5 Å². The maximum Gasteiger partial charge on any atom is 2.00 e. The molecule has 2 rings (SSSR count). The first kappa shape index (κ1) is 18.1. The molecule has 0 N–H and O–H groups in total. The van der Waals surface area contributed by atoms with Gasteiger partial charge in [-0.05, 0) is 12.1 Å². The summed E-state index contributed by atoms with van der Waals surface area (Å²) < 4.78 is 5.56. The zero-order valence-corrected chi connectivity index (χ0v) is 14.0. The summed E-state index contributed by atoms with van der Waals surface area (Å²) in [6.07, 6.45) is 0. The molecule has 18 heavy (non-hydrogen) atoms. The van der Waals surface area contributed by atoms with E-state index in [9.17, 15) is 0 Å². The molecule has 1 nitrogen and oxygen atoms in total. The van der Waals surface area contributed by atoms with Crippen molar-refractivity contribution in [3.63, 3.8) is 0 Å². The fraction of sp³-hybridized carbons (Fsp3) is 0.0769. The largest absolute Gasteiger partial charge is 2.00 e. The van der Waals surface area contributed by atoms with Gasteiger partial charge in [0.25, 0.3) is 0 Å². The monoisotopic (exact) mass is 354 g/mol. The van der Waals surface area contributed by atoms with E-state index in [4.69, 9.17) is 27.9 Å². The van der Waals surface area contributed by atoms with E-state index in [-0.39, 0.29) is 40.0 Å². The smallest absolute Gasteiger partial charge is 1.00 e. The van der Waals surface area contributed by atoms with Crippen molar-refractivity contribution in [1.29, 1.82) is 0 Å². The Hall–Kier alpha value is 0.0662. The molecule has 0 saturated carbocycles. The first-order valence-corrected chi connectivity index (χ1v) is 5.55. The summed E-state index contributed by atoms with van der Waals surface area (Å²) in [5.41, 5.74) is 0.957. The quantitative estimate of drug-likeness (QED) is 0.589. The van der Waals surface area contributed by atoms with Crippen molar-refractivity contribution < 1.29 is 21.7 Å². The number of benzene rings is 2. The third-order valence-corrected chi connectivity index (χ3v) is 2.66. The first-order valence-electron chi connectivity index (χ1n) is 4.80. The molecule has 0 aliphatic heterocycles. The third kappa shape index (κ3) is 4.98. The molecule has 0 aliphatic carbocycles. The van der Waals surface area contributed by atoms with Gasteiger partial charge in [0, 0.05) is 0 Å². The topological polar surface area (TPSA) is 9.23 Å². The molecule has 0 spiro atoms. The number of para-hydroxylation sites is 1. The fourth-order valence-corrected chi connectivity index (χ4v) is 1.80. The van der Waals surface area contributed by atoms with Crippen molar-refractivity contribution in [2.45, 2.75) is 6.61 Å². The van der Waals surface area contributed by atoms with Crippen LogP contribution in [0.4, 0.5) is 0 Å². The molecule has 0 atom stereocenters. The van der Waals surface area contributed by atoms with Gasteiger partial charge in [-0.3, -0.25) is 0 Å². The van der Waals surface area contributed by atoms with Crippen LogP contribution in [0.1, 0.15) is 5.56 Å². The molecule has 2 aromatic carbocycles. The van der Waals surface area contributed by atoms with Crippen LogP contribution in [-0.2, 0) is 6.61 Å². The molecule has 0 bridgehead atoms. The van der Waals surface area contributed by atoms with E-state index in [0.29, 0.717) is 22.4 Å². The maximum atomic E-state index is 5.98. The number of hydrogen-bond donors (Lipinski definition) is 0. The average molecular weight is 356 g/mol. The van der Waals surface area contributed by atoms with E-state index in [1.54, 1.807) is 18.2 Å². The van der Waals surface area contributed by atoms with Gasteiger partial charge in [0.2, 0.25) is 0 Å². The predicted octanol–water partition coefficient (Wildman–Crippen LogP) is 0.996. The van der Waals surface area contributed by atoms with Crippen LogP contribution in [-0.4, -0.2) is 23.1 Å². The molecule has 0 amide bonds. The second-order valence-corrected chi connectivity index (χ2v) is 4.04. The summed E-state index contributed by atoms with van der Waals surface area (Å²) in [5, 5.41) is 1.03. The Morgan fingerprint density at radius 1 is 1.00 bits per heavy atom. The van der Waals surface area contributed by atoms with E-state index in [1.807, 2.05) is 24.3 Å². The number of halogens is 3. The standard InChI is InChI=1S/C13H9Cl2O.BrH.Mg/c14-11-7-4-8-12(15)13(11)16-9-10-5-2-1-3-6-10;;/h1-5,7-8H,9H2;1H;/q-1;;+2/p-1. The van der Waals surface area contributed by atoms with Crippen LogP contribution >= 0.6 is 23.2 Å². The predicted molar refractivity (Wildman–Crippen MR) is 71.8 cm³/mol. The Bertz CT molecular complexity index is 459. The Balaban J connectivity index is 0.00000144.